The van der Waals surface area contributed by atoms with Crippen LogP contribution >= 0.6 is 39.1 Å². The maximum Gasteiger partial charge on any atom is 0.244 e. The van der Waals surface area contributed by atoms with E-state index < -0.39 is 16.1 Å². The van der Waals surface area contributed by atoms with Crippen molar-refractivity contribution < 1.29 is 13.2 Å². The van der Waals surface area contributed by atoms with E-state index in [1.807, 2.05) is 0 Å². The van der Waals surface area contributed by atoms with Crippen LogP contribution in [0, 0.1) is 0 Å². The molecular formula is C11H12BrCl2NO3S. The van der Waals surface area contributed by atoms with Crippen molar-refractivity contribution in [1.82, 2.24) is 4.72 Å². The maximum atomic E-state index is 12.2. The fraction of sp³-hybridized carbons (Fsp3) is 0.364. The summed E-state index contributed by atoms with van der Waals surface area (Å²) in [5.74, 6) is -0.215. The summed E-state index contributed by atoms with van der Waals surface area (Å²) in [5, 5.41) is -0.0222. The van der Waals surface area contributed by atoms with Crippen LogP contribution in [0.2, 0.25) is 10.0 Å². The quantitative estimate of drug-likeness (QED) is 0.840. The molecule has 0 saturated heterocycles. The molecule has 4 nitrogen and oxygen atoms in total. The van der Waals surface area contributed by atoms with E-state index in [2.05, 4.69) is 20.7 Å². The number of carbonyl (C=O) groups excluding carboxylic acids is 1. The Kier molecular flexibility index (Phi) is 5.82. The molecule has 0 amide bonds. The van der Waals surface area contributed by atoms with Gasteiger partial charge in [0, 0.05) is 10.9 Å². The van der Waals surface area contributed by atoms with Gasteiger partial charge in [-0.3, -0.25) is 4.79 Å². The third-order valence-electron chi connectivity index (χ3n) is 2.40. The Morgan fingerprint density at radius 1 is 1.37 bits per heavy atom. The molecule has 0 saturated carbocycles. The van der Waals surface area contributed by atoms with Crippen LogP contribution in [0.4, 0.5) is 0 Å². The zero-order valence-electron chi connectivity index (χ0n) is 10.2. The third kappa shape index (κ3) is 4.16. The smallest absolute Gasteiger partial charge is 0.244 e. The lowest BCUT2D eigenvalue weighted by Crippen LogP contribution is -2.38. The molecule has 0 aliphatic carbocycles. The molecule has 0 spiro atoms. The van der Waals surface area contributed by atoms with E-state index in [0.717, 1.165) is 0 Å². The van der Waals surface area contributed by atoms with Gasteiger partial charge >= 0.3 is 0 Å². The van der Waals surface area contributed by atoms with Gasteiger partial charge in [0.05, 0.1) is 16.1 Å². The molecule has 106 valence electrons. The van der Waals surface area contributed by atoms with E-state index in [1.165, 1.54) is 19.1 Å². The number of ketones is 1. The van der Waals surface area contributed by atoms with Crippen LogP contribution < -0.4 is 4.72 Å². The minimum Gasteiger partial charge on any atom is -0.298 e. The molecular weight excluding hydrogens is 377 g/mol. The number of rotatable bonds is 5. The van der Waals surface area contributed by atoms with E-state index in [4.69, 9.17) is 23.2 Å². The average Bonchev–Trinajstić information content (AvgIpc) is 2.24. The molecule has 0 fully saturated rings. The lowest BCUT2D eigenvalue weighted by atomic mass is 10.2. The molecule has 19 heavy (non-hydrogen) atoms. The Labute approximate surface area is 130 Å². The van der Waals surface area contributed by atoms with Gasteiger partial charge in [0.25, 0.3) is 0 Å². The molecule has 1 N–H and O–H groups in total. The minimum atomic E-state index is -3.95. The molecule has 1 rings (SSSR count). The van der Waals surface area contributed by atoms with Crippen molar-refractivity contribution in [3.8, 4) is 0 Å². The van der Waals surface area contributed by atoms with Crippen LogP contribution in [0.5, 0.6) is 0 Å². The van der Waals surface area contributed by atoms with E-state index in [0.29, 0.717) is 4.47 Å². The Morgan fingerprint density at radius 3 is 2.26 bits per heavy atom. The molecule has 0 heterocycles. The molecule has 1 aromatic carbocycles. The summed E-state index contributed by atoms with van der Waals surface area (Å²) in [6.45, 7) is 3.14. The molecule has 1 aromatic rings. The summed E-state index contributed by atoms with van der Waals surface area (Å²) < 4.78 is 27.2. The standard InChI is InChI=1S/C11H12BrCl2NO3S/c1-3-10(16)6(2)15-19(17,18)11-8(13)4-7(12)5-9(11)14/h4-6,15H,3H2,1-2H3. The lowest BCUT2D eigenvalue weighted by molar-refractivity contribution is -0.119. The van der Waals surface area contributed by atoms with Crippen molar-refractivity contribution in [1.29, 1.82) is 0 Å². The van der Waals surface area contributed by atoms with E-state index in [1.54, 1.807) is 6.92 Å². The van der Waals surface area contributed by atoms with Crippen molar-refractivity contribution in [2.75, 3.05) is 0 Å². The first kappa shape index (κ1) is 16.9. The van der Waals surface area contributed by atoms with Gasteiger partial charge in [-0.05, 0) is 19.1 Å². The number of carbonyl (C=O) groups is 1. The van der Waals surface area contributed by atoms with Crippen molar-refractivity contribution in [3.05, 3.63) is 26.7 Å². The highest BCUT2D eigenvalue weighted by atomic mass is 79.9. The van der Waals surface area contributed by atoms with Crippen molar-refractivity contribution in [2.24, 2.45) is 0 Å². The Hall–Kier alpha value is -0.140. The monoisotopic (exact) mass is 387 g/mol. The fourth-order valence-corrected chi connectivity index (χ4v) is 4.61. The van der Waals surface area contributed by atoms with Crippen molar-refractivity contribution in [2.45, 2.75) is 31.2 Å². The minimum absolute atomic E-state index is 0.0111. The second kappa shape index (κ2) is 6.54. The summed E-state index contributed by atoms with van der Waals surface area (Å²) in [6.07, 6.45) is 0.242. The van der Waals surface area contributed by atoms with E-state index >= 15 is 0 Å². The maximum absolute atomic E-state index is 12.2. The number of hydrogen-bond donors (Lipinski definition) is 1. The van der Waals surface area contributed by atoms with Crippen LogP contribution in [-0.4, -0.2) is 20.2 Å². The van der Waals surface area contributed by atoms with Crippen LogP contribution in [0.3, 0.4) is 0 Å². The molecule has 1 atom stereocenters. The zero-order valence-corrected chi connectivity index (χ0v) is 14.1. The Balaban J connectivity index is 3.18. The topological polar surface area (TPSA) is 63.2 Å². The Bertz CT molecular complexity index is 581. The normalized spacial score (nSPS) is 13.3. The summed E-state index contributed by atoms with van der Waals surface area (Å²) in [5.41, 5.74) is 0. The lowest BCUT2D eigenvalue weighted by Gasteiger charge is -2.14. The highest BCUT2D eigenvalue weighted by Gasteiger charge is 2.26. The summed E-state index contributed by atoms with van der Waals surface area (Å²) in [7, 11) is -3.95. The van der Waals surface area contributed by atoms with Crippen LogP contribution in [-0.2, 0) is 14.8 Å². The van der Waals surface area contributed by atoms with Crippen LogP contribution in [0.15, 0.2) is 21.5 Å². The second-order valence-corrected chi connectivity index (χ2v) is 7.24. The van der Waals surface area contributed by atoms with Gasteiger partial charge in [0.2, 0.25) is 10.0 Å². The van der Waals surface area contributed by atoms with Gasteiger partial charge in [-0.15, -0.1) is 0 Å². The summed E-state index contributed by atoms with van der Waals surface area (Å²) >= 11 is 15.0. The van der Waals surface area contributed by atoms with Crippen molar-refractivity contribution >= 4 is 54.9 Å². The highest BCUT2D eigenvalue weighted by Crippen LogP contribution is 2.32. The van der Waals surface area contributed by atoms with Gasteiger partial charge in [-0.2, -0.15) is 0 Å². The number of halogens is 3. The first-order chi connectivity index (χ1) is 8.69. The average molecular weight is 389 g/mol. The van der Waals surface area contributed by atoms with Gasteiger partial charge in [0.1, 0.15) is 10.7 Å². The first-order valence-electron chi connectivity index (χ1n) is 5.38. The predicted octanol–water partition coefficient (Wildman–Crippen LogP) is 3.40. The molecule has 1 unspecified atom stereocenters. The van der Waals surface area contributed by atoms with Gasteiger partial charge in [-0.1, -0.05) is 46.1 Å². The second-order valence-electron chi connectivity index (χ2n) is 3.86. The molecule has 0 aliphatic heterocycles. The molecule has 0 bridgehead atoms. The zero-order chi connectivity index (χ0) is 14.8. The van der Waals surface area contributed by atoms with Gasteiger partial charge in [-0.25, -0.2) is 13.1 Å². The van der Waals surface area contributed by atoms with Crippen LogP contribution in [0.1, 0.15) is 20.3 Å². The van der Waals surface area contributed by atoms with Gasteiger partial charge in [0.15, 0.2) is 0 Å². The Morgan fingerprint density at radius 2 is 1.84 bits per heavy atom. The predicted molar refractivity (Wildman–Crippen MR) is 79.2 cm³/mol. The SMILES string of the molecule is CCC(=O)C(C)NS(=O)(=O)c1c(Cl)cc(Br)cc1Cl. The fourth-order valence-electron chi connectivity index (χ4n) is 1.45. The number of Topliss-reactive ketones (excluding diaryl/α,β-unsaturated/α-hetero) is 1. The van der Waals surface area contributed by atoms with E-state index in [9.17, 15) is 13.2 Å². The summed E-state index contributed by atoms with van der Waals surface area (Å²) in [4.78, 5) is 11.2. The van der Waals surface area contributed by atoms with Crippen LogP contribution in [0.25, 0.3) is 0 Å². The number of benzene rings is 1. The van der Waals surface area contributed by atoms with Gasteiger partial charge < -0.3 is 0 Å². The summed E-state index contributed by atoms with van der Waals surface area (Å²) in [6, 6.07) is 2.02. The number of nitrogens with one attached hydrogen (secondary N) is 1. The first-order valence-corrected chi connectivity index (χ1v) is 8.41. The molecule has 0 radical (unpaired) electrons. The third-order valence-corrected chi connectivity index (χ3v) is 5.31. The molecule has 8 heteroatoms. The highest BCUT2D eigenvalue weighted by molar-refractivity contribution is 9.10. The molecule has 0 aliphatic rings. The largest absolute Gasteiger partial charge is 0.298 e. The molecule has 0 aromatic heterocycles. The van der Waals surface area contributed by atoms with E-state index in [-0.39, 0.29) is 27.1 Å². The van der Waals surface area contributed by atoms with Crippen molar-refractivity contribution in [3.63, 3.8) is 0 Å². The number of hydrogen-bond acceptors (Lipinski definition) is 3. The number of sulfonamides is 1.